The number of carbonyl (C=O) groups excluding carboxylic acids is 1. The van der Waals surface area contributed by atoms with Gasteiger partial charge in [0.25, 0.3) is 0 Å². The number of nitrogens with zero attached hydrogens (tertiary/aromatic N) is 4. The molecule has 23 heavy (non-hydrogen) atoms. The van der Waals surface area contributed by atoms with E-state index in [1.165, 1.54) is 0 Å². The smallest absolute Gasteiger partial charge is 0.223 e. The third-order valence-corrected chi connectivity index (χ3v) is 5.23. The molecular formula is C17H24N4OS. The van der Waals surface area contributed by atoms with E-state index in [4.69, 9.17) is 0 Å². The van der Waals surface area contributed by atoms with Gasteiger partial charge in [-0.1, -0.05) is 13.8 Å². The number of imidazole rings is 1. The topological polar surface area (TPSA) is 51.0 Å². The van der Waals surface area contributed by atoms with Crippen LogP contribution in [-0.2, 0) is 11.2 Å². The van der Waals surface area contributed by atoms with Gasteiger partial charge in [-0.05, 0) is 12.8 Å². The molecule has 0 aliphatic carbocycles. The lowest BCUT2D eigenvalue weighted by molar-refractivity contribution is -0.132. The van der Waals surface area contributed by atoms with Crippen molar-refractivity contribution in [2.45, 2.75) is 51.5 Å². The fraction of sp³-hybridized carbons (Fsp3) is 0.588. The van der Waals surface area contributed by atoms with E-state index in [0.29, 0.717) is 18.4 Å². The molecule has 3 heterocycles. The molecule has 2 aromatic heterocycles. The zero-order chi connectivity index (χ0) is 16.2. The van der Waals surface area contributed by atoms with Crippen molar-refractivity contribution in [1.29, 1.82) is 0 Å². The van der Waals surface area contributed by atoms with E-state index in [9.17, 15) is 4.79 Å². The summed E-state index contributed by atoms with van der Waals surface area (Å²) in [5, 5.41) is 3.01. The summed E-state index contributed by atoms with van der Waals surface area (Å²) < 4.78 is 2.27. The molecule has 5 nitrogen and oxygen atoms in total. The summed E-state index contributed by atoms with van der Waals surface area (Å²) in [6, 6.07) is 0.354. The minimum absolute atomic E-state index is 0.246. The Kier molecular flexibility index (Phi) is 5.10. The van der Waals surface area contributed by atoms with E-state index >= 15 is 0 Å². The Hall–Kier alpha value is -1.69. The van der Waals surface area contributed by atoms with Crippen molar-refractivity contribution in [3.63, 3.8) is 0 Å². The molecule has 1 saturated heterocycles. The van der Waals surface area contributed by atoms with Crippen LogP contribution in [0.3, 0.4) is 0 Å². The molecule has 6 heteroatoms. The lowest BCUT2D eigenvalue weighted by atomic mass is 10.0. The summed E-state index contributed by atoms with van der Waals surface area (Å²) in [7, 11) is 0. The zero-order valence-corrected chi connectivity index (χ0v) is 14.6. The van der Waals surface area contributed by atoms with Crippen LogP contribution in [-0.4, -0.2) is 38.4 Å². The molecule has 1 amide bonds. The van der Waals surface area contributed by atoms with E-state index in [-0.39, 0.29) is 5.91 Å². The highest BCUT2D eigenvalue weighted by Crippen LogP contribution is 2.26. The lowest BCUT2D eigenvalue weighted by Gasteiger charge is -2.34. The highest BCUT2D eigenvalue weighted by atomic mass is 32.1. The standard InChI is InChI=1S/C17H24N4OS/c1-13(2)17-19-7-10-21(17)14-4-3-9-20(12-14)16(22)6-5-15-18-8-11-23-15/h7-8,10-11,13-14H,3-6,9,12H2,1-2H3. The van der Waals surface area contributed by atoms with E-state index in [0.717, 1.165) is 43.2 Å². The van der Waals surface area contributed by atoms with E-state index in [2.05, 4.69) is 34.6 Å². The van der Waals surface area contributed by atoms with Gasteiger partial charge in [0.1, 0.15) is 5.82 Å². The third kappa shape index (κ3) is 3.80. The zero-order valence-electron chi connectivity index (χ0n) is 13.8. The van der Waals surface area contributed by atoms with Crippen molar-refractivity contribution in [2.24, 2.45) is 0 Å². The average Bonchev–Trinajstić information content (AvgIpc) is 3.24. The van der Waals surface area contributed by atoms with Crippen molar-refractivity contribution in [1.82, 2.24) is 19.4 Å². The molecule has 0 radical (unpaired) electrons. The van der Waals surface area contributed by atoms with Gasteiger partial charge in [0.2, 0.25) is 5.91 Å². The van der Waals surface area contributed by atoms with Gasteiger partial charge in [0, 0.05) is 55.8 Å². The van der Waals surface area contributed by atoms with Crippen molar-refractivity contribution in [3.05, 3.63) is 34.8 Å². The predicted octanol–water partition coefficient (Wildman–Crippen LogP) is 3.26. The molecule has 0 bridgehead atoms. The number of likely N-dealkylation sites (tertiary alicyclic amines) is 1. The first-order chi connectivity index (χ1) is 11.1. The van der Waals surface area contributed by atoms with Gasteiger partial charge >= 0.3 is 0 Å². The molecule has 1 aliphatic rings. The summed E-state index contributed by atoms with van der Waals surface area (Å²) >= 11 is 1.62. The van der Waals surface area contributed by atoms with Crippen LogP contribution in [0.1, 0.15) is 55.9 Å². The number of piperidine rings is 1. The summed E-state index contributed by atoms with van der Waals surface area (Å²) in [5.41, 5.74) is 0. The van der Waals surface area contributed by atoms with Crippen LogP contribution >= 0.6 is 11.3 Å². The van der Waals surface area contributed by atoms with Gasteiger partial charge in [0.05, 0.1) is 11.0 Å². The minimum atomic E-state index is 0.246. The van der Waals surface area contributed by atoms with E-state index < -0.39 is 0 Å². The van der Waals surface area contributed by atoms with Gasteiger partial charge in [0.15, 0.2) is 0 Å². The second kappa shape index (κ2) is 7.25. The Morgan fingerprint density at radius 3 is 3.00 bits per heavy atom. The van der Waals surface area contributed by atoms with Crippen LogP contribution in [0, 0.1) is 0 Å². The molecule has 1 unspecified atom stereocenters. The van der Waals surface area contributed by atoms with Gasteiger partial charge < -0.3 is 9.47 Å². The van der Waals surface area contributed by atoms with Crippen LogP contribution in [0.4, 0.5) is 0 Å². The molecule has 2 aromatic rings. The molecule has 0 spiro atoms. The van der Waals surface area contributed by atoms with Gasteiger partial charge in [-0.15, -0.1) is 11.3 Å². The number of amides is 1. The van der Waals surface area contributed by atoms with E-state index in [1.807, 2.05) is 16.5 Å². The van der Waals surface area contributed by atoms with E-state index in [1.54, 1.807) is 17.5 Å². The van der Waals surface area contributed by atoms with Crippen molar-refractivity contribution in [3.8, 4) is 0 Å². The Balaban J connectivity index is 1.61. The largest absolute Gasteiger partial charge is 0.341 e. The van der Waals surface area contributed by atoms with Crippen LogP contribution in [0.25, 0.3) is 0 Å². The Morgan fingerprint density at radius 1 is 1.39 bits per heavy atom. The molecule has 0 aromatic carbocycles. The maximum atomic E-state index is 12.5. The maximum absolute atomic E-state index is 12.5. The summed E-state index contributed by atoms with van der Waals surface area (Å²) in [4.78, 5) is 23.3. The average molecular weight is 332 g/mol. The fourth-order valence-electron chi connectivity index (χ4n) is 3.24. The summed E-state index contributed by atoms with van der Waals surface area (Å²) in [6.07, 6.45) is 9.22. The van der Waals surface area contributed by atoms with Crippen molar-refractivity contribution >= 4 is 17.2 Å². The first kappa shape index (κ1) is 16.2. The predicted molar refractivity (Wildman–Crippen MR) is 91.6 cm³/mol. The highest BCUT2D eigenvalue weighted by Gasteiger charge is 2.26. The number of rotatable bonds is 5. The molecule has 0 N–H and O–H groups in total. The molecule has 1 atom stereocenters. The fourth-order valence-corrected chi connectivity index (χ4v) is 3.86. The Bertz CT molecular complexity index is 635. The second-order valence-electron chi connectivity index (χ2n) is 6.41. The number of hydrogen-bond donors (Lipinski definition) is 0. The molecule has 1 fully saturated rings. The SMILES string of the molecule is CC(C)c1nccn1C1CCCN(C(=O)CCc2nccs2)C1. The summed E-state index contributed by atoms with van der Waals surface area (Å²) in [5.74, 6) is 1.77. The molecule has 124 valence electrons. The monoisotopic (exact) mass is 332 g/mol. The molecule has 1 aliphatic heterocycles. The molecule has 0 saturated carbocycles. The first-order valence-electron chi connectivity index (χ1n) is 8.34. The van der Waals surface area contributed by atoms with Crippen molar-refractivity contribution < 1.29 is 4.79 Å². The van der Waals surface area contributed by atoms with Crippen LogP contribution in [0.15, 0.2) is 24.0 Å². The molecular weight excluding hydrogens is 308 g/mol. The minimum Gasteiger partial charge on any atom is -0.341 e. The number of aromatic nitrogens is 3. The lowest BCUT2D eigenvalue weighted by Crippen LogP contribution is -2.41. The van der Waals surface area contributed by atoms with Crippen LogP contribution in [0.2, 0.25) is 0 Å². The number of aryl methyl sites for hydroxylation is 1. The third-order valence-electron chi connectivity index (χ3n) is 4.39. The maximum Gasteiger partial charge on any atom is 0.223 e. The van der Waals surface area contributed by atoms with Crippen LogP contribution < -0.4 is 0 Å². The summed E-state index contributed by atoms with van der Waals surface area (Å²) in [6.45, 7) is 6.00. The van der Waals surface area contributed by atoms with Gasteiger partial charge in [-0.3, -0.25) is 4.79 Å². The quantitative estimate of drug-likeness (QED) is 0.844. The Morgan fingerprint density at radius 2 is 2.26 bits per heavy atom. The van der Waals surface area contributed by atoms with Gasteiger partial charge in [-0.25, -0.2) is 9.97 Å². The highest BCUT2D eigenvalue weighted by molar-refractivity contribution is 7.09. The second-order valence-corrected chi connectivity index (χ2v) is 7.39. The number of thiazole rings is 1. The Labute approximate surface area is 141 Å². The number of hydrogen-bond acceptors (Lipinski definition) is 4. The van der Waals surface area contributed by atoms with Crippen LogP contribution in [0.5, 0.6) is 0 Å². The first-order valence-corrected chi connectivity index (χ1v) is 9.22. The number of carbonyl (C=O) groups is 1. The normalized spacial score (nSPS) is 18.6. The van der Waals surface area contributed by atoms with Gasteiger partial charge in [-0.2, -0.15) is 0 Å². The molecule has 3 rings (SSSR count). The van der Waals surface area contributed by atoms with Crippen molar-refractivity contribution in [2.75, 3.05) is 13.1 Å².